The summed E-state index contributed by atoms with van der Waals surface area (Å²) in [6, 6.07) is -0.120. The molecule has 80 valence electrons. The maximum atomic E-state index is 11.0. The first-order chi connectivity index (χ1) is 7.29. The molecule has 0 saturated carbocycles. The number of aromatic nitrogens is 2. The fourth-order valence-electron chi connectivity index (χ4n) is 1.95. The Morgan fingerprint density at radius 1 is 1.47 bits per heavy atom. The van der Waals surface area contributed by atoms with Gasteiger partial charge in [-0.05, 0) is 19.3 Å². The van der Waals surface area contributed by atoms with Gasteiger partial charge in [0.05, 0.1) is 17.9 Å². The van der Waals surface area contributed by atoms with Crippen LogP contribution in [0, 0.1) is 0 Å². The zero-order valence-electron chi connectivity index (χ0n) is 8.33. The summed E-state index contributed by atoms with van der Waals surface area (Å²) in [6.07, 6.45) is 6.79. The van der Waals surface area contributed by atoms with Gasteiger partial charge in [-0.15, -0.1) is 0 Å². The number of nitrogens with zero attached hydrogens (tertiary/aromatic N) is 3. The molecule has 5 nitrogen and oxygen atoms in total. The molecule has 2 rings (SSSR count). The molecular weight excluding hydrogens is 194 g/mol. The SMILES string of the molecule is O=C(O)N1CCCCC1c1cnccn1. The molecule has 15 heavy (non-hydrogen) atoms. The molecule has 0 spiro atoms. The van der Waals surface area contributed by atoms with Crippen LogP contribution in [0.5, 0.6) is 0 Å². The third kappa shape index (κ3) is 2.06. The van der Waals surface area contributed by atoms with E-state index >= 15 is 0 Å². The lowest BCUT2D eigenvalue weighted by atomic mass is 10.0. The van der Waals surface area contributed by atoms with Gasteiger partial charge in [0.25, 0.3) is 0 Å². The van der Waals surface area contributed by atoms with Crippen LogP contribution in [0.15, 0.2) is 18.6 Å². The molecule has 1 fully saturated rings. The van der Waals surface area contributed by atoms with Gasteiger partial charge >= 0.3 is 6.09 Å². The highest BCUT2D eigenvalue weighted by atomic mass is 16.4. The van der Waals surface area contributed by atoms with Crippen LogP contribution in [0.2, 0.25) is 0 Å². The first-order valence-corrected chi connectivity index (χ1v) is 5.04. The second-order valence-electron chi connectivity index (χ2n) is 3.62. The van der Waals surface area contributed by atoms with Crippen molar-refractivity contribution in [2.24, 2.45) is 0 Å². The molecule has 1 atom stereocenters. The standard InChI is InChI=1S/C10H13N3O2/c14-10(15)13-6-2-1-3-9(13)8-7-11-4-5-12-8/h4-5,7,9H,1-3,6H2,(H,14,15). The van der Waals surface area contributed by atoms with Gasteiger partial charge in [0.1, 0.15) is 0 Å². The van der Waals surface area contributed by atoms with E-state index in [1.807, 2.05) is 0 Å². The van der Waals surface area contributed by atoms with Crippen LogP contribution in [0.3, 0.4) is 0 Å². The minimum Gasteiger partial charge on any atom is -0.465 e. The van der Waals surface area contributed by atoms with Gasteiger partial charge in [0.15, 0.2) is 0 Å². The highest BCUT2D eigenvalue weighted by molar-refractivity contribution is 5.65. The Labute approximate surface area is 87.8 Å². The van der Waals surface area contributed by atoms with Gasteiger partial charge < -0.3 is 5.11 Å². The predicted octanol–water partition coefficient (Wildman–Crippen LogP) is 1.68. The number of piperidine rings is 1. The maximum Gasteiger partial charge on any atom is 0.407 e. The second kappa shape index (κ2) is 4.25. The van der Waals surface area contributed by atoms with Gasteiger partial charge in [-0.2, -0.15) is 0 Å². The van der Waals surface area contributed by atoms with E-state index in [1.165, 1.54) is 4.90 Å². The van der Waals surface area contributed by atoms with Crippen molar-refractivity contribution in [3.63, 3.8) is 0 Å². The first kappa shape index (κ1) is 9.89. The van der Waals surface area contributed by atoms with Crippen molar-refractivity contribution in [2.75, 3.05) is 6.54 Å². The monoisotopic (exact) mass is 207 g/mol. The van der Waals surface area contributed by atoms with Gasteiger partial charge in [-0.1, -0.05) is 0 Å². The normalized spacial score (nSPS) is 21.3. The van der Waals surface area contributed by atoms with Crippen LogP contribution in [-0.2, 0) is 0 Å². The molecule has 1 aliphatic heterocycles. The second-order valence-corrected chi connectivity index (χ2v) is 3.62. The van der Waals surface area contributed by atoms with Crippen LogP contribution in [-0.4, -0.2) is 32.6 Å². The highest BCUT2D eigenvalue weighted by Crippen LogP contribution is 2.28. The Hall–Kier alpha value is -1.65. The van der Waals surface area contributed by atoms with E-state index in [2.05, 4.69) is 9.97 Å². The van der Waals surface area contributed by atoms with Crippen molar-refractivity contribution in [3.8, 4) is 0 Å². The Morgan fingerprint density at radius 3 is 3.00 bits per heavy atom. The number of carboxylic acid groups (broad SMARTS) is 1. The number of hydrogen-bond donors (Lipinski definition) is 1. The van der Waals surface area contributed by atoms with E-state index in [0.717, 1.165) is 25.0 Å². The van der Waals surface area contributed by atoms with E-state index in [0.29, 0.717) is 6.54 Å². The molecule has 0 radical (unpaired) electrons. The summed E-state index contributed by atoms with van der Waals surface area (Å²) in [6.45, 7) is 0.594. The molecule has 2 heterocycles. The Kier molecular flexibility index (Phi) is 2.80. The van der Waals surface area contributed by atoms with Gasteiger partial charge in [-0.25, -0.2) is 4.79 Å². The van der Waals surface area contributed by atoms with Crippen LogP contribution < -0.4 is 0 Å². The van der Waals surface area contributed by atoms with Crippen LogP contribution in [0.1, 0.15) is 31.0 Å². The molecule has 1 N–H and O–H groups in total. The number of rotatable bonds is 1. The van der Waals surface area contributed by atoms with E-state index in [-0.39, 0.29) is 6.04 Å². The van der Waals surface area contributed by atoms with E-state index in [4.69, 9.17) is 5.11 Å². The lowest BCUT2D eigenvalue weighted by molar-refractivity contribution is 0.105. The summed E-state index contributed by atoms with van der Waals surface area (Å²) in [5.41, 5.74) is 0.750. The van der Waals surface area contributed by atoms with Crippen LogP contribution in [0.25, 0.3) is 0 Å². The first-order valence-electron chi connectivity index (χ1n) is 5.04. The quantitative estimate of drug-likeness (QED) is 0.760. The maximum absolute atomic E-state index is 11.0. The Morgan fingerprint density at radius 2 is 2.33 bits per heavy atom. The largest absolute Gasteiger partial charge is 0.465 e. The average Bonchev–Trinajstić information content (AvgIpc) is 2.30. The summed E-state index contributed by atoms with van der Waals surface area (Å²) >= 11 is 0. The lowest BCUT2D eigenvalue weighted by Gasteiger charge is -2.32. The molecule has 1 saturated heterocycles. The number of carbonyl (C=O) groups is 1. The topological polar surface area (TPSA) is 66.3 Å². The summed E-state index contributed by atoms with van der Waals surface area (Å²) in [7, 11) is 0. The number of hydrogen-bond acceptors (Lipinski definition) is 3. The van der Waals surface area contributed by atoms with Crippen molar-refractivity contribution in [2.45, 2.75) is 25.3 Å². The third-order valence-electron chi connectivity index (χ3n) is 2.67. The summed E-state index contributed by atoms with van der Waals surface area (Å²) in [5, 5.41) is 9.05. The minimum atomic E-state index is -0.870. The molecule has 1 aromatic rings. The molecule has 0 aromatic carbocycles. The molecule has 1 aromatic heterocycles. The predicted molar refractivity (Wildman–Crippen MR) is 53.4 cm³/mol. The van der Waals surface area contributed by atoms with Crippen molar-refractivity contribution in [3.05, 3.63) is 24.3 Å². The van der Waals surface area contributed by atoms with Crippen molar-refractivity contribution in [1.29, 1.82) is 0 Å². The molecule has 1 amide bonds. The molecule has 0 bridgehead atoms. The Bertz CT molecular complexity index is 342. The van der Waals surface area contributed by atoms with E-state index in [9.17, 15) is 4.79 Å². The minimum absolute atomic E-state index is 0.120. The van der Waals surface area contributed by atoms with Gasteiger partial charge in [-0.3, -0.25) is 14.9 Å². The summed E-state index contributed by atoms with van der Waals surface area (Å²) in [5.74, 6) is 0. The van der Waals surface area contributed by atoms with Crippen molar-refractivity contribution in [1.82, 2.24) is 14.9 Å². The molecule has 1 unspecified atom stereocenters. The zero-order chi connectivity index (χ0) is 10.7. The zero-order valence-corrected chi connectivity index (χ0v) is 8.33. The molecule has 0 aliphatic carbocycles. The fraction of sp³-hybridized carbons (Fsp3) is 0.500. The highest BCUT2D eigenvalue weighted by Gasteiger charge is 2.28. The third-order valence-corrected chi connectivity index (χ3v) is 2.67. The van der Waals surface area contributed by atoms with E-state index in [1.54, 1.807) is 18.6 Å². The average molecular weight is 207 g/mol. The lowest BCUT2D eigenvalue weighted by Crippen LogP contribution is -2.37. The number of amides is 1. The van der Waals surface area contributed by atoms with Gasteiger partial charge in [0, 0.05) is 18.9 Å². The van der Waals surface area contributed by atoms with Crippen molar-refractivity contribution < 1.29 is 9.90 Å². The molecule has 1 aliphatic rings. The Balaban J connectivity index is 2.22. The smallest absolute Gasteiger partial charge is 0.407 e. The fourth-order valence-corrected chi connectivity index (χ4v) is 1.95. The number of likely N-dealkylation sites (tertiary alicyclic amines) is 1. The summed E-state index contributed by atoms with van der Waals surface area (Å²) in [4.78, 5) is 20.6. The molecular formula is C10H13N3O2. The van der Waals surface area contributed by atoms with Crippen molar-refractivity contribution >= 4 is 6.09 Å². The van der Waals surface area contributed by atoms with E-state index < -0.39 is 6.09 Å². The molecule has 5 heteroatoms. The summed E-state index contributed by atoms with van der Waals surface area (Å²) < 4.78 is 0. The van der Waals surface area contributed by atoms with Crippen LogP contribution in [0.4, 0.5) is 4.79 Å². The van der Waals surface area contributed by atoms with Crippen LogP contribution >= 0.6 is 0 Å². The van der Waals surface area contributed by atoms with Gasteiger partial charge in [0.2, 0.25) is 0 Å².